The van der Waals surface area contributed by atoms with Crippen molar-refractivity contribution in [3.63, 3.8) is 0 Å². The highest BCUT2D eigenvalue weighted by Gasteiger charge is 2.34. The molecule has 0 radical (unpaired) electrons. The van der Waals surface area contributed by atoms with Crippen LogP contribution in [-0.2, 0) is 11.0 Å². The number of nitrogens with one attached hydrogen (secondary N) is 2. The summed E-state index contributed by atoms with van der Waals surface area (Å²) in [5.74, 6) is -1.38. The van der Waals surface area contributed by atoms with E-state index in [1.807, 2.05) is 0 Å². The number of anilines is 2. The van der Waals surface area contributed by atoms with Gasteiger partial charge < -0.3 is 15.1 Å². The molecule has 3 rings (SSSR count). The van der Waals surface area contributed by atoms with Gasteiger partial charge in [-0.25, -0.2) is 0 Å². The van der Waals surface area contributed by atoms with Crippen LogP contribution in [0.1, 0.15) is 28.4 Å². The van der Waals surface area contributed by atoms with Gasteiger partial charge in [0.15, 0.2) is 0 Å². The molecular weight excluding hydrogens is 433 g/mol. The summed E-state index contributed by atoms with van der Waals surface area (Å²) in [5.41, 5.74) is -0.393. The third-order valence-corrected chi connectivity index (χ3v) is 4.60. The molecule has 160 valence electrons. The third-order valence-electron chi connectivity index (χ3n) is 4.27. The van der Waals surface area contributed by atoms with Crippen molar-refractivity contribution in [1.82, 2.24) is 0 Å². The summed E-state index contributed by atoms with van der Waals surface area (Å²) in [6.07, 6.45) is -1.16. The quantitative estimate of drug-likeness (QED) is 0.453. The van der Waals surface area contributed by atoms with E-state index in [1.165, 1.54) is 24.7 Å². The number of furan rings is 1. The van der Waals surface area contributed by atoms with Crippen LogP contribution in [0.4, 0.5) is 24.5 Å². The lowest BCUT2D eigenvalue weighted by atomic mass is 10.1. The van der Waals surface area contributed by atoms with Crippen LogP contribution in [0.2, 0.25) is 5.02 Å². The number of hydrogen-bond donors (Lipinski definition) is 2. The number of hydrogen-bond acceptors (Lipinski definition) is 3. The van der Waals surface area contributed by atoms with Gasteiger partial charge in [0.25, 0.3) is 5.91 Å². The number of amides is 2. The number of alkyl halides is 3. The molecule has 1 heterocycles. The predicted molar refractivity (Wildman–Crippen MR) is 112 cm³/mol. The summed E-state index contributed by atoms with van der Waals surface area (Å²) in [5, 5.41) is 5.01. The predicted octanol–water partition coefficient (Wildman–Crippen LogP) is 6.25. The maximum Gasteiger partial charge on any atom is 0.418 e. The van der Waals surface area contributed by atoms with Gasteiger partial charge in [-0.05, 0) is 48.4 Å². The Kier molecular flexibility index (Phi) is 6.50. The largest absolute Gasteiger partial charge is 0.472 e. The summed E-state index contributed by atoms with van der Waals surface area (Å²) >= 11 is 6.08. The van der Waals surface area contributed by atoms with E-state index in [0.717, 1.165) is 18.2 Å². The molecule has 0 aliphatic carbocycles. The van der Waals surface area contributed by atoms with E-state index >= 15 is 0 Å². The SMILES string of the molecule is C/C(=C/C(=O)Nc1ccc(NC(=O)c2ccoc2)cc1C(F)(F)F)c1ccccc1Cl. The highest BCUT2D eigenvalue weighted by Crippen LogP contribution is 2.37. The van der Waals surface area contributed by atoms with E-state index in [2.05, 4.69) is 10.6 Å². The van der Waals surface area contributed by atoms with Crippen LogP contribution in [-0.4, -0.2) is 11.8 Å². The Labute approximate surface area is 180 Å². The Hall–Kier alpha value is -3.52. The average Bonchev–Trinajstić information content (AvgIpc) is 3.23. The van der Waals surface area contributed by atoms with E-state index < -0.39 is 29.2 Å². The molecule has 0 unspecified atom stereocenters. The normalized spacial score (nSPS) is 11.8. The summed E-state index contributed by atoms with van der Waals surface area (Å²) in [6, 6.07) is 11.2. The van der Waals surface area contributed by atoms with Crippen molar-refractivity contribution in [2.45, 2.75) is 13.1 Å². The van der Waals surface area contributed by atoms with Gasteiger partial charge in [0.2, 0.25) is 5.91 Å². The van der Waals surface area contributed by atoms with Crippen LogP contribution in [0.5, 0.6) is 0 Å². The van der Waals surface area contributed by atoms with Gasteiger partial charge in [0.05, 0.1) is 23.1 Å². The second-order valence-corrected chi connectivity index (χ2v) is 6.93. The topological polar surface area (TPSA) is 71.3 Å². The molecule has 5 nitrogen and oxygen atoms in total. The molecule has 0 saturated carbocycles. The van der Waals surface area contributed by atoms with Crippen LogP contribution in [0.3, 0.4) is 0 Å². The molecule has 2 N–H and O–H groups in total. The molecule has 2 amide bonds. The number of allylic oxidation sites excluding steroid dienone is 1. The first kappa shape index (κ1) is 22.2. The van der Waals surface area contributed by atoms with E-state index in [4.69, 9.17) is 16.0 Å². The molecular formula is C22H16ClF3N2O3. The van der Waals surface area contributed by atoms with Crippen molar-refractivity contribution in [2.24, 2.45) is 0 Å². The molecule has 0 bridgehead atoms. The van der Waals surface area contributed by atoms with E-state index in [9.17, 15) is 22.8 Å². The Morgan fingerprint density at radius 1 is 1.06 bits per heavy atom. The first-order chi connectivity index (χ1) is 14.6. The van der Waals surface area contributed by atoms with Gasteiger partial charge >= 0.3 is 6.18 Å². The summed E-state index contributed by atoms with van der Waals surface area (Å²) < 4.78 is 45.5. The second kappa shape index (κ2) is 9.09. The highest BCUT2D eigenvalue weighted by molar-refractivity contribution is 6.32. The lowest BCUT2D eigenvalue weighted by Crippen LogP contribution is -2.17. The number of carbonyl (C=O) groups excluding carboxylic acids is 2. The molecule has 0 aliphatic heterocycles. The van der Waals surface area contributed by atoms with Gasteiger partial charge in [-0.1, -0.05) is 29.8 Å². The lowest BCUT2D eigenvalue weighted by Gasteiger charge is -2.15. The fourth-order valence-corrected chi connectivity index (χ4v) is 3.07. The maximum atomic E-state index is 13.6. The van der Waals surface area contributed by atoms with Crippen molar-refractivity contribution in [2.75, 3.05) is 10.6 Å². The van der Waals surface area contributed by atoms with E-state index in [1.54, 1.807) is 31.2 Å². The van der Waals surface area contributed by atoms with E-state index in [-0.39, 0.29) is 11.3 Å². The maximum absolute atomic E-state index is 13.6. The van der Waals surface area contributed by atoms with Crippen molar-refractivity contribution < 1.29 is 27.2 Å². The minimum absolute atomic E-state index is 0.0840. The third kappa shape index (κ3) is 5.55. The lowest BCUT2D eigenvalue weighted by molar-refractivity contribution is -0.136. The van der Waals surface area contributed by atoms with Crippen molar-refractivity contribution in [1.29, 1.82) is 0 Å². The fourth-order valence-electron chi connectivity index (χ4n) is 2.79. The van der Waals surface area contributed by atoms with Crippen molar-refractivity contribution >= 4 is 40.4 Å². The first-order valence-electron chi connectivity index (χ1n) is 8.94. The average molecular weight is 449 g/mol. The van der Waals surface area contributed by atoms with Gasteiger partial charge in [-0.3, -0.25) is 9.59 Å². The smallest absolute Gasteiger partial charge is 0.418 e. The fraction of sp³-hybridized carbons (Fsp3) is 0.0909. The van der Waals surface area contributed by atoms with Crippen molar-refractivity contribution in [3.05, 3.63) is 88.8 Å². The summed E-state index contributed by atoms with van der Waals surface area (Å²) in [4.78, 5) is 24.4. The number of benzene rings is 2. The molecule has 31 heavy (non-hydrogen) atoms. The number of rotatable bonds is 5. The zero-order valence-corrected chi connectivity index (χ0v) is 16.8. The molecule has 0 fully saturated rings. The van der Waals surface area contributed by atoms with Crippen LogP contribution in [0, 0.1) is 0 Å². The number of carbonyl (C=O) groups is 2. The summed E-state index contributed by atoms with van der Waals surface area (Å²) in [7, 11) is 0. The Balaban J connectivity index is 1.83. The van der Waals surface area contributed by atoms with Crippen molar-refractivity contribution in [3.8, 4) is 0 Å². The molecule has 0 atom stereocenters. The Morgan fingerprint density at radius 2 is 1.81 bits per heavy atom. The minimum Gasteiger partial charge on any atom is -0.472 e. The van der Waals surface area contributed by atoms with E-state index in [0.29, 0.717) is 16.2 Å². The standard InChI is InChI=1S/C22H16ClF3N2O3/c1-13(16-4-2-3-5-18(16)23)10-20(29)28-19-7-6-15(11-17(19)22(24,25)26)27-21(30)14-8-9-31-12-14/h2-12H,1H3,(H,27,30)(H,28,29)/b13-10-. The second-order valence-electron chi connectivity index (χ2n) is 6.52. The number of halogens is 4. The highest BCUT2D eigenvalue weighted by atomic mass is 35.5. The monoisotopic (exact) mass is 448 g/mol. The van der Waals surface area contributed by atoms with Gasteiger partial charge in [0.1, 0.15) is 6.26 Å². The van der Waals surface area contributed by atoms with Gasteiger partial charge in [0, 0.05) is 16.8 Å². The molecule has 2 aromatic carbocycles. The molecule has 0 spiro atoms. The van der Waals surface area contributed by atoms with Crippen LogP contribution < -0.4 is 10.6 Å². The zero-order chi connectivity index (χ0) is 22.6. The minimum atomic E-state index is -4.76. The van der Waals surface area contributed by atoms with Gasteiger partial charge in [-0.15, -0.1) is 0 Å². The molecule has 0 saturated heterocycles. The first-order valence-corrected chi connectivity index (χ1v) is 9.32. The van der Waals surface area contributed by atoms with Crippen LogP contribution in [0.15, 0.2) is 71.6 Å². The van der Waals surface area contributed by atoms with Crippen LogP contribution in [0.25, 0.3) is 5.57 Å². The molecule has 9 heteroatoms. The molecule has 3 aromatic rings. The van der Waals surface area contributed by atoms with Gasteiger partial charge in [-0.2, -0.15) is 13.2 Å². The zero-order valence-electron chi connectivity index (χ0n) is 16.1. The molecule has 1 aromatic heterocycles. The Bertz CT molecular complexity index is 1140. The Morgan fingerprint density at radius 3 is 2.45 bits per heavy atom. The van der Waals surface area contributed by atoms with Crippen LogP contribution >= 0.6 is 11.6 Å². The molecule has 0 aliphatic rings. The summed E-state index contributed by atoms with van der Waals surface area (Å²) in [6.45, 7) is 1.62.